The van der Waals surface area contributed by atoms with Gasteiger partial charge in [-0.2, -0.15) is 0 Å². The van der Waals surface area contributed by atoms with Gasteiger partial charge in [-0.05, 0) is 19.4 Å². The summed E-state index contributed by atoms with van der Waals surface area (Å²) < 4.78 is 5.29. The number of hydrogen-bond acceptors (Lipinski definition) is 5. The van der Waals surface area contributed by atoms with Crippen molar-refractivity contribution in [3.05, 3.63) is 33.4 Å². The average Bonchev–Trinajstić information content (AvgIpc) is 2.55. The van der Waals surface area contributed by atoms with E-state index in [1.807, 2.05) is 6.92 Å². The summed E-state index contributed by atoms with van der Waals surface area (Å²) in [6.45, 7) is 3.28. The van der Waals surface area contributed by atoms with Gasteiger partial charge < -0.3 is 19.9 Å². The van der Waals surface area contributed by atoms with Crippen LogP contribution in [0.15, 0.2) is 15.3 Å². The lowest BCUT2D eigenvalue weighted by atomic mass is 10.1. The fourth-order valence-corrected chi connectivity index (χ4v) is 1.90. The van der Waals surface area contributed by atoms with E-state index < -0.39 is 22.8 Å². The minimum absolute atomic E-state index is 0.0611. The topological polar surface area (TPSA) is 99.8 Å². The van der Waals surface area contributed by atoms with E-state index in [0.717, 1.165) is 12.8 Å². The summed E-state index contributed by atoms with van der Waals surface area (Å²) in [5.74, 6) is -1.61. The first-order valence-corrected chi connectivity index (χ1v) is 6.00. The van der Waals surface area contributed by atoms with Gasteiger partial charge in [0.25, 0.3) is 5.91 Å². The maximum Gasteiger partial charge on any atom is 0.261 e. The number of fused-ring (bicyclic) bond motifs is 1. The molecule has 102 valence electrons. The Kier molecular flexibility index (Phi) is 3.20. The van der Waals surface area contributed by atoms with Crippen LogP contribution in [0, 0.1) is 0 Å². The van der Waals surface area contributed by atoms with Crippen molar-refractivity contribution in [2.24, 2.45) is 0 Å². The highest BCUT2D eigenvalue weighted by molar-refractivity contribution is 5.99. The average molecular weight is 265 g/mol. The molecule has 1 aromatic heterocycles. The number of aliphatic hydroxyl groups is 1. The standard InChI is InChI=1S/C13H15NO5/c1-3-4-5-6-7-9(15)10(16)8-11(19-7)13(2,18)14-12(8)17/h5-6,15,18H,3-4H2,1-2H3,(H,14,17). The predicted molar refractivity (Wildman–Crippen MR) is 67.6 cm³/mol. The van der Waals surface area contributed by atoms with E-state index in [1.165, 1.54) is 13.0 Å². The van der Waals surface area contributed by atoms with Crippen molar-refractivity contribution in [1.82, 2.24) is 5.32 Å². The van der Waals surface area contributed by atoms with Crippen LogP contribution in [0.2, 0.25) is 0 Å². The molecule has 0 aliphatic carbocycles. The zero-order valence-electron chi connectivity index (χ0n) is 10.7. The van der Waals surface area contributed by atoms with Crippen LogP contribution in [0.4, 0.5) is 0 Å². The lowest BCUT2D eigenvalue weighted by molar-refractivity contribution is 0.0121. The van der Waals surface area contributed by atoms with Crippen molar-refractivity contribution in [2.75, 3.05) is 0 Å². The van der Waals surface area contributed by atoms with E-state index >= 15 is 0 Å². The van der Waals surface area contributed by atoms with Crippen LogP contribution in [-0.4, -0.2) is 16.1 Å². The predicted octanol–water partition coefficient (Wildman–Crippen LogP) is 1.07. The molecule has 0 saturated carbocycles. The van der Waals surface area contributed by atoms with Crippen LogP contribution >= 0.6 is 0 Å². The lowest BCUT2D eigenvalue weighted by Crippen LogP contribution is -2.35. The molecule has 1 amide bonds. The number of unbranched alkanes of at least 4 members (excludes halogenated alkanes) is 1. The number of amides is 1. The molecule has 19 heavy (non-hydrogen) atoms. The molecule has 1 atom stereocenters. The summed E-state index contributed by atoms with van der Waals surface area (Å²) in [6.07, 6.45) is 4.86. The number of carbonyl (C=O) groups excluding carboxylic acids is 1. The Hall–Kier alpha value is -2.08. The Morgan fingerprint density at radius 1 is 1.42 bits per heavy atom. The molecule has 6 nitrogen and oxygen atoms in total. The molecular weight excluding hydrogens is 250 g/mol. The maximum absolute atomic E-state index is 11.9. The van der Waals surface area contributed by atoms with Gasteiger partial charge in [0.2, 0.25) is 11.2 Å². The molecule has 0 aromatic carbocycles. The third-order valence-corrected chi connectivity index (χ3v) is 2.87. The number of rotatable bonds is 3. The van der Waals surface area contributed by atoms with E-state index in [-0.39, 0.29) is 17.1 Å². The zero-order chi connectivity index (χ0) is 14.2. The van der Waals surface area contributed by atoms with E-state index in [9.17, 15) is 19.8 Å². The van der Waals surface area contributed by atoms with E-state index in [2.05, 4.69) is 5.32 Å². The summed E-state index contributed by atoms with van der Waals surface area (Å²) >= 11 is 0. The Balaban J connectivity index is 2.60. The van der Waals surface area contributed by atoms with Crippen LogP contribution in [-0.2, 0) is 5.72 Å². The first-order chi connectivity index (χ1) is 8.88. The Morgan fingerprint density at radius 3 is 2.74 bits per heavy atom. The zero-order valence-corrected chi connectivity index (χ0v) is 10.7. The largest absolute Gasteiger partial charge is 0.502 e. The number of hydrogen-bond donors (Lipinski definition) is 3. The number of nitrogens with one attached hydrogen (secondary N) is 1. The molecule has 2 rings (SSSR count). The van der Waals surface area contributed by atoms with Crippen molar-refractivity contribution >= 4 is 12.0 Å². The van der Waals surface area contributed by atoms with Gasteiger partial charge in [-0.15, -0.1) is 0 Å². The van der Waals surface area contributed by atoms with Crippen LogP contribution < -0.4 is 10.7 Å². The molecule has 0 radical (unpaired) electrons. The Labute approximate surface area is 109 Å². The molecule has 2 heterocycles. The summed E-state index contributed by atoms with van der Waals surface area (Å²) in [6, 6.07) is 0. The first-order valence-electron chi connectivity index (χ1n) is 6.00. The molecule has 0 spiro atoms. The normalized spacial score (nSPS) is 21.7. The number of allylic oxidation sites excluding steroid dienone is 1. The van der Waals surface area contributed by atoms with E-state index in [4.69, 9.17) is 4.42 Å². The molecule has 1 aliphatic heterocycles. The van der Waals surface area contributed by atoms with Crippen LogP contribution in [0.5, 0.6) is 5.75 Å². The van der Waals surface area contributed by atoms with Crippen molar-refractivity contribution in [1.29, 1.82) is 0 Å². The molecule has 0 saturated heterocycles. The van der Waals surface area contributed by atoms with Gasteiger partial charge in [-0.1, -0.05) is 19.4 Å². The van der Waals surface area contributed by atoms with Gasteiger partial charge in [0.1, 0.15) is 5.56 Å². The van der Waals surface area contributed by atoms with Crippen molar-refractivity contribution in [2.45, 2.75) is 32.4 Å². The Morgan fingerprint density at radius 2 is 2.11 bits per heavy atom. The maximum atomic E-state index is 11.9. The second-order valence-corrected chi connectivity index (χ2v) is 4.57. The molecule has 0 bridgehead atoms. The first kappa shape index (κ1) is 13.4. The van der Waals surface area contributed by atoms with Gasteiger partial charge in [0.05, 0.1) is 0 Å². The van der Waals surface area contributed by atoms with E-state index in [1.54, 1.807) is 6.08 Å². The molecule has 3 N–H and O–H groups in total. The second-order valence-electron chi connectivity index (χ2n) is 4.57. The second kappa shape index (κ2) is 4.55. The smallest absolute Gasteiger partial charge is 0.261 e. The van der Waals surface area contributed by atoms with Crippen molar-refractivity contribution in [3.63, 3.8) is 0 Å². The van der Waals surface area contributed by atoms with Crippen LogP contribution in [0.25, 0.3) is 6.08 Å². The third kappa shape index (κ3) is 2.15. The molecule has 1 unspecified atom stereocenters. The lowest BCUT2D eigenvalue weighted by Gasteiger charge is -2.15. The quantitative estimate of drug-likeness (QED) is 0.759. The molecule has 0 fully saturated rings. The van der Waals surface area contributed by atoms with Gasteiger partial charge in [0, 0.05) is 0 Å². The SMILES string of the molecule is CCCC=Cc1oc2c(c(=O)c1O)C(=O)NC2(C)O. The molecule has 1 aliphatic rings. The molecular formula is C13H15NO5. The highest BCUT2D eigenvalue weighted by atomic mass is 16.4. The number of aromatic hydroxyl groups is 1. The third-order valence-electron chi connectivity index (χ3n) is 2.87. The number of carbonyl (C=O) groups is 1. The van der Waals surface area contributed by atoms with Gasteiger partial charge in [-0.3, -0.25) is 9.59 Å². The minimum atomic E-state index is -1.74. The van der Waals surface area contributed by atoms with Crippen LogP contribution in [0.3, 0.4) is 0 Å². The highest BCUT2D eigenvalue weighted by Gasteiger charge is 2.43. The minimum Gasteiger partial charge on any atom is -0.502 e. The van der Waals surface area contributed by atoms with Gasteiger partial charge in [-0.25, -0.2) is 0 Å². The highest BCUT2D eigenvalue weighted by Crippen LogP contribution is 2.30. The molecule has 1 aromatic rings. The van der Waals surface area contributed by atoms with Gasteiger partial charge in [0.15, 0.2) is 17.2 Å². The molecule has 6 heteroatoms. The van der Waals surface area contributed by atoms with E-state index in [0.29, 0.717) is 0 Å². The summed E-state index contributed by atoms with van der Waals surface area (Å²) in [7, 11) is 0. The monoisotopic (exact) mass is 265 g/mol. The van der Waals surface area contributed by atoms with Crippen molar-refractivity contribution in [3.8, 4) is 5.75 Å². The van der Waals surface area contributed by atoms with Crippen molar-refractivity contribution < 1.29 is 19.4 Å². The fraction of sp³-hybridized carbons (Fsp3) is 0.385. The summed E-state index contributed by atoms with van der Waals surface area (Å²) in [5, 5.41) is 21.9. The fourth-order valence-electron chi connectivity index (χ4n) is 1.90. The summed E-state index contributed by atoms with van der Waals surface area (Å²) in [5.41, 5.74) is -2.94. The van der Waals surface area contributed by atoms with Gasteiger partial charge >= 0.3 is 0 Å². The summed E-state index contributed by atoms with van der Waals surface area (Å²) in [4.78, 5) is 23.5. The Bertz CT molecular complexity index is 612. The van der Waals surface area contributed by atoms with Crippen LogP contribution in [0.1, 0.15) is 48.6 Å².